The lowest BCUT2D eigenvalue weighted by molar-refractivity contribution is -0.001000. The van der Waals surface area contributed by atoms with Gasteiger partial charge in [0.2, 0.25) is 0 Å². The van der Waals surface area contributed by atoms with E-state index in [1.807, 2.05) is 0 Å². The predicted molar refractivity (Wildman–Crippen MR) is 212 cm³/mol. The molecule has 0 aliphatic rings. The normalized spacial score (nSPS) is 11.3. The molecule has 0 bridgehead atoms. The third-order valence-electron chi connectivity index (χ3n) is 9.67. The molecule has 0 N–H and O–H groups in total. The Morgan fingerprint density at radius 3 is 0.571 bits per heavy atom. The Bertz CT molecular complexity index is 1410. The molecule has 0 saturated carbocycles. The molecule has 0 spiro atoms. The standard InChI is InChI=1S/C45H48P2.2BrH/c1(2-4-24-38-46(40-26-12-6-13-27-40,41-28-14-7-15-29-41)42-30-16-8-17-31-42)3-5-25-39-47(43-32-18-9-19-33-43,44-34-20-10-21-35-44)45-36-22-11-23-37-45;;/h6-23,26-37H,1-5,24-25,38-39H2;2*1H/q+2;;/p-2. The Labute approximate surface area is 317 Å². The lowest BCUT2D eigenvalue weighted by atomic mass is 10.1. The summed E-state index contributed by atoms with van der Waals surface area (Å²) in [6, 6.07) is 68.0. The minimum Gasteiger partial charge on any atom is -1.00 e. The van der Waals surface area contributed by atoms with Crippen molar-refractivity contribution >= 4 is 46.4 Å². The molecular weight excluding hydrogens is 762 g/mol. The van der Waals surface area contributed by atoms with E-state index in [0.29, 0.717) is 0 Å². The average molecular weight is 811 g/mol. The highest BCUT2D eigenvalue weighted by molar-refractivity contribution is 7.96. The van der Waals surface area contributed by atoms with Crippen LogP contribution in [0.1, 0.15) is 44.9 Å². The zero-order valence-corrected chi connectivity index (χ0v) is 33.3. The largest absolute Gasteiger partial charge is 1.00 e. The molecule has 0 amide bonds. The summed E-state index contributed by atoms with van der Waals surface area (Å²) < 4.78 is 0. The van der Waals surface area contributed by atoms with E-state index in [0.717, 1.165) is 0 Å². The van der Waals surface area contributed by atoms with E-state index in [1.54, 1.807) is 0 Å². The summed E-state index contributed by atoms with van der Waals surface area (Å²) in [6.07, 6.45) is 11.5. The molecule has 0 saturated heterocycles. The van der Waals surface area contributed by atoms with Crippen molar-refractivity contribution in [1.82, 2.24) is 0 Å². The van der Waals surface area contributed by atoms with Crippen LogP contribution in [0.4, 0.5) is 0 Å². The highest BCUT2D eigenvalue weighted by atomic mass is 79.9. The summed E-state index contributed by atoms with van der Waals surface area (Å²) in [5.41, 5.74) is 0. The van der Waals surface area contributed by atoms with Gasteiger partial charge in [0.1, 0.15) is 46.4 Å². The summed E-state index contributed by atoms with van der Waals surface area (Å²) in [4.78, 5) is 0. The molecule has 0 atom stereocenters. The van der Waals surface area contributed by atoms with Gasteiger partial charge in [0, 0.05) is 0 Å². The summed E-state index contributed by atoms with van der Waals surface area (Å²) in [7, 11) is -3.44. The molecule has 6 aromatic rings. The third-order valence-corrected chi connectivity index (χ3v) is 18.7. The first kappa shape index (κ1) is 38.9. The highest BCUT2D eigenvalue weighted by Crippen LogP contribution is 2.57. The molecule has 0 aromatic heterocycles. The first-order valence-electron chi connectivity index (χ1n) is 17.4. The van der Waals surface area contributed by atoms with Crippen LogP contribution in [0.3, 0.4) is 0 Å². The first-order valence-corrected chi connectivity index (χ1v) is 21.4. The van der Waals surface area contributed by atoms with Crippen LogP contribution in [0.2, 0.25) is 0 Å². The Kier molecular flexibility index (Phi) is 16.0. The summed E-state index contributed by atoms with van der Waals surface area (Å²) in [5, 5.41) is 9.00. The van der Waals surface area contributed by atoms with Gasteiger partial charge in [-0.2, -0.15) is 0 Å². The van der Waals surface area contributed by atoms with Crippen LogP contribution < -0.4 is 65.8 Å². The second-order valence-corrected chi connectivity index (χ2v) is 19.8. The fourth-order valence-corrected chi connectivity index (χ4v) is 16.2. The van der Waals surface area contributed by atoms with E-state index < -0.39 is 14.5 Å². The monoisotopic (exact) mass is 808 g/mol. The number of halogens is 2. The Hall–Kier alpha value is -2.86. The number of unbranched alkanes of at least 4 members (excludes halogenated alkanes) is 6. The predicted octanol–water partition coefficient (Wildman–Crippen LogP) is 3.71. The Morgan fingerprint density at radius 1 is 0.224 bits per heavy atom. The summed E-state index contributed by atoms with van der Waals surface area (Å²) >= 11 is 0. The van der Waals surface area contributed by atoms with E-state index in [9.17, 15) is 0 Å². The van der Waals surface area contributed by atoms with Crippen LogP contribution >= 0.6 is 14.5 Å². The minimum atomic E-state index is -1.72. The maximum atomic E-state index is 2.37. The third kappa shape index (κ3) is 9.28. The van der Waals surface area contributed by atoms with Crippen LogP contribution in [0, 0.1) is 0 Å². The quantitative estimate of drug-likeness (QED) is 0.104. The van der Waals surface area contributed by atoms with E-state index in [4.69, 9.17) is 0 Å². The van der Waals surface area contributed by atoms with Crippen LogP contribution in [-0.2, 0) is 0 Å². The molecule has 6 aromatic carbocycles. The highest BCUT2D eigenvalue weighted by Gasteiger charge is 2.45. The van der Waals surface area contributed by atoms with Crippen molar-refractivity contribution in [2.45, 2.75) is 44.9 Å². The Balaban J connectivity index is 0.00000270. The van der Waals surface area contributed by atoms with Crippen molar-refractivity contribution in [1.29, 1.82) is 0 Å². The molecule has 0 radical (unpaired) electrons. The van der Waals surface area contributed by atoms with Gasteiger partial charge in [-0.25, -0.2) is 0 Å². The van der Waals surface area contributed by atoms with Crippen LogP contribution in [0.25, 0.3) is 0 Å². The smallest absolute Gasteiger partial charge is 0.112 e. The lowest BCUT2D eigenvalue weighted by Gasteiger charge is -2.28. The van der Waals surface area contributed by atoms with Gasteiger partial charge in [0.15, 0.2) is 0 Å². The number of rotatable bonds is 16. The van der Waals surface area contributed by atoms with Crippen molar-refractivity contribution in [2.24, 2.45) is 0 Å². The maximum absolute atomic E-state index is 2.37. The van der Waals surface area contributed by atoms with Gasteiger partial charge in [-0.15, -0.1) is 0 Å². The second kappa shape index (κ2) is 20.1. The topological polar surface area (TPSA) is 0 Å². The van der Waals surface area contributed by atoms with Gasteiger partial charge < -0.3 is 34.0 Å². The fourth-order valence-electron chi connectivity index (χ4n) is 7.35. The van der Waals surface area contributed by atoms with Gasteiger partial charge in [-0.05, 0) is 98.5 Å². The Morgan fingerprint density at radius 2 is 0.388 bits per heavy atom. The molecular formula is C45H48Br2P2. The lowest BCUT2D eigenvalue weighted by Crippen LogP contribution is -3.00. The van der Waals surface area contributed by atoms with Gasteiger partial charge >= 0.3 is 0 Å². The van der Waals surface area contributed by atoms with Crippen molar-refractivity contribution in [3.63, 3.8) is 0 Å². The SMILES string of the molecule is [Br-].[Br-].c1ccc([P+](CCCCCCCCC[P+](c2ccccc2)(c2ccccc2)c2ccccc2)(c2ccccc2)c2ccccc2)cc1. The average Bonchev–Trinajstić information content (AvgIpc) is 3.16. The second-order valence-electron chi connectivity index (χ2n) is 12.6. The minimum absolute atomic E-state index is 0. The molecule has 0 fully saturated rings. The molecule has 0 heterocycles. The van der Waals surface area contributed by atoms with E-state index in [-0.39, 0.29) is 34.0 Å². The molecule has 6 rings (SSSR count). The maximum Gasteiger partial charge on any atom is 0.112 e. The van der Waals surface area contributed by atoms with Crippen molar-refractivity contribution in [2.75, 3.05) is 12.3 Å². The van der Waals surface area contributed by atoms with Crippen molar-refractivity contribution in [3.8, 4) is 0 Å². The summed E-state index contributed by atoms with van der Waals surface area (Å²) in [6.45, 7) is 0. The molecule has 0 unspecified atom stereocenters. The number of hydrogen-bond donors (Lipinski definition) is 0. The molecule has 4 heteroatoms. The van der Waals surface area contributed by atoms with Crippen LogP contribution in [-0.4, -0.2) is 12.3 Å². The fraction of sp³-hybridized carbons (Fsp3) is 0.200. The van der Waals surface area contributed by atoms with Gasteiger partial charge in [-0.3, -0.25) is 0 Å². The van der Waals surface area contributed by atoms with E-state index >= 15 is 0 Å². The molecule has 252 valence electrons. The zero-order chi connectivity index (χ0) is 32.0. The van der Waals surface area contributed by atoms with Gasteiger partial charge in [0.05, 0.1) is 12.3 Å². The van der Waals surface area contributed by atoms with Crippen molar-refractivity contribution < 1.29 is 34.0 Å². The van der Waals surface area contributed by atoms with Crippen LogP contribution in [0.5, 0.6) is 0 Å². The number of benzene rings is 6. The molecule has 0 aliphatic carbocycles. The van der Waals surface area contributed by atoms with Gasteiger partial charge in [-0.1, -0.05) is 128 Å². The van der Waals surface area contributed by atoms with Crippen molar-refractivity contribution in [3.05, 3.63) is 182 Å². The summed E-state index contributed by atoms with van der Waals surface area (Å²) in [5.74, 6) is 0. The number of hydrogen-bond acceptors (Lipinski definition) is 0. The molecule has 0 nitrogen and oxygen atoms in total. The molecule has 0 aliphatic heterocycles. The van der Waals surface area contributed by atoms with Gasteiger partial charge in [0.25, 0.3) is 0 Å². The first-order chi connectivity index (χ1) is 23.3. The molecule has 49 heavy (non-hydrogen) atoms. The van der Waals surface area contributed by atoms with Crippen LogP contribution in [0.15, 0.2) is 182 Å². The van der Waals surface area contributed by atoms with E-state index in [2.05, 4.69) is 182 Å². The van der Waals surface area contributed by atoms with E-state index in [1.165, 1.54) is 89.1 Å². The zero-order valence-electron chi connectivity index (χ0n) is 28.3.